The van der Waals surface area contributed by atoms with E-state index in [1.54, 1.807) is 0 Å². The van der Waals surface area contributed by atoms with Crippen molar-refractivity contribution in [2.45, 2.75) is 57.2 Å². The highest BCUT2D eigenvalue weighted by molar-refractivity contribution is 5.24. The molecule has 2 heterocycles. The lowest BCUT2D eigenvalue weighted by molar-refractivity contribution is 0.0999. The van der Waals surface area contributed by atoms with Crippen molar-refractivity contribution in [3.8, 4) is 0 Å². The zero-order valence-electron chi connectivity index (χ0n) is 9.45. The molecule has 0 spiro atoms. The third-order valence-electron chi connectivity index (χ3n) is 3.77. The Bertz CT molecular complexity index is 252. The molecule has 2 aliphatic rings. The summed E-state index contributed by atoms with van der Waals surface area (Å²) in [7, 11) is 2.20. The van der Waals surface area contributed by atoms with Crippen LogP contribution in [-0.2, 0) is 0 Å². The number of fused-ring (bicyclic) bond motifs is 2. The van der Waals surface area contributed by atoms with Gasteiger partial charge in [0.05, 0.1) is 5.60 Å². The number of rotatable bonds is 1. The summed E-state index contributed by atoms with van der Waals surface area (Å²) < 4.78 is 0. The number of likely N-dealkylation sites (N-methyl/N-ethyl adjacent to an activating group) is 1. The predicted molar refractivity (Wildman–Crippen MR) is 58.2 cm³/mol. The Morgan fingerprint density at radius 3 is 2.71 bits per heavy atom. The molecule has 0 aromatic heterocycles. The van der Waals surface area contributed by atoms with Crippen molar-refractivity contribution in [1.82, 2.24) is 4.90 Å². The molecule has 2 nitrogen and oxygen atoms in total. The lowest BCUT2D eigenvalue weighted by Crippen LogP contribution is -2.38. The van der Waals surface area contributed by atoms with E-state index >= 15 is 0 Å². The summed E-state index contributed by atoms with van der Waals surface area (Å²) in [6.07, 6.45) is 7.17. The molecular formula is C12H21NO. The molecule has 2 bridgehead atoms. The topological polar surface area (TPSA) is 23.5 Å². The van der Waals surface area contributed by atoms with E-state index in [9.17, 15) is 5.11 Å². The summed E-state index contributed by atoms with van der Waals surface area (Å²) in [6, 6.07) is 1.23. The van der Waals surface area contributed by atoms with Gasteiger partial charge < -0.3 is 5.11 Å². The van der Waals surface area contributed by atoms with Gasteiger partial charge in [-0.2, -0.15) is 0 Å². The molecule has 2 rings (SSSR count). The van der Waals surface area contributed by atoms with Gasteiger partial charge in [-0.3, -0.25) is 4.90 Å². The molecule has 2 aliphatic heterocycles. The second-order valence-corrected chi connectivity index (χ2v) is 5.21. The Morgan fingerprint density at radius 2 is 2.07 bits per heavy atom. The highest BCUT2D eigenvalue weighted by Gasteiger charge is 2.38. The molecule has 0 amide bonds. The molecule has 0 aromatic carbocycles. The molecule has 0 saturated carbocycles. The maximum absolute atomic E-state index is 10.1. The van der Waals surface area contributed by atoms with Crippen molar-refractivity contribution >= 4 is 0 Å². The second kappa shape index (κ2) is 3.35. The molecule has 0 aromatic rings. The van der Waals surface area contributed by atoms with E-state index < -0.39 is 5.60 Å². The number of nitrogens with zero attached hydrogens (tertiary/aromatic N) is 1. The molecule has 2 atom stereocenters. The third-order valence-corrected chi connectivity index (χ3v) is 3.77. The predicted octanol–water partition coefficient (Wildman–Crippen LogP) is 1.94. The Hall–Kier alpha value is -0.340. The highest BCUT2D eigenvalue weighted by atomic mass is 16.3. The van der Waals surface area contributed by atoms with Crippen molar-refractivity contribution in [2.75, 3.05) is 7.05 Å². The van der Waals surface area contributed by atoms with Gasteiger partial charge in [-0.15, -0.1) is 0 Å². The SMILES string of the molecule is CN1[C@@H]2CCC=C(C(C)(C)O)[C@H]1CC2. The van der Waals surface area contributed by atoms with E-state index in [1.165, 1.54) is 24.8 Å². The second-order valence-electron chi connectivity index (χ2n) is 5.21. The summed E-state index contributed by atoms with van der Waals surface area (Å²) in [4.78, 5) is 2.46. The van der Waals surface area contributed by atoms with Gasteiger partial charge in [0.25, 0.3) is 0 Å². The third kappa shape index (κ3) is 1.61. The quantitative estimate of drug-likeness (QED) is 0.646. The standard InChI is InChI=1S/C12H21NO/c1-12(2,14)10-6-4-5-9-7-8-11(10)13(9)3/h6,9,11,14H,4-5,7-8H2,1-3H3/t9-,11-/m1/s1. The Balaban J connectivity index is 2.28. The summed E-state index contributed by atoms with van der Waals surface area (Å²) >= 11 is 0. The van der Waals surface area contributed by atoms with Crippen LogP contribution in [0.4, 0.5) is 0 Å². The minimum Gasteiger partial charge on any atom is -0.386 e. The van der Waals surface area contributed by atoms with Crippen LogP contribution in [0, 0.1) is 0 Å². The van der Waals surface area contributed by atoms with Gasteiger partial charge in [-0.25, -0.2) is 0 Å². The van der Waals surface area contributed by atoms with E-state index in [0.717, 1.165) is 12.5 Å². The van der Waals surface area contributed by atoms with Crippen LogP contribution in [0.15, 0.2) is 11.6 Å². The van der Waals surface area contributed by atoms with Crippen LogP contribution in [0.25, 0.3) is 0 Å². The first kappa shape index (κ1) is 10.2. The molecule has 14 heavy (non-hydrogen) atoms. The number of hydrogen-bond acceptors (Lipinski definition) is 2. The van der Waals surface area contributed by atoms with Crippen molar-refractivity contribution < 1.29 is 5.11 Å². The van der Waals surface area contributed by atoms with E-state index in [1.807, 2.05) is 13.8 Å². The number of hydrogen-bond donors (Lipinski definition) is 1. The van der Waals surface area contributed by atoms with Gasteiger partial charge in [-0.05, 0) is 52.2 Å². The Labute approximate surface area is 86.6 Å². The molecule has 80 valence electrons. The van der Waals surface area contributed by atoms with Crippen molar-refractivity contribution in [3.05, 3.63) is 11.6 Å². The van der Waals surface area contributed by atoms with Crippen LogP contribution < -0.4 is 0 Å². The van der Waals surface area contributed by atoms with Crippen LogP contribution in [0.3, 0.4) is 0 Å². The van der Waals surface area contributed by atoms with Gasteiger partial charge in [0.1, 0.15) is 0 Å². The summed E-state index contributed by atoms with van der Waals surface area (Å²) in [6.45, 7) is 3.82. The summed E-state index contributed by atoms with van der Waals surface area (Å²) in [5.74, 6) is 0. The highest BCUT2D eigenvalue weighted by Crippen LogP contribution is 2.37. The fourth-order valence-electron chi connectivity index (χ4n) is 2.96. The molecule has 0 unspecified atom stereocenters. The minimum atomic E-state index is -0.641. The van der Waals surface area contributed by atoms with Crippen molar-refractivity contribution in [3.63, 3.8) is 0 Å². The molecule has 0 aliphatic carbocycles. The smallest absolute Gasteiger partial charge is 0.0815 e. The van der Waals surface area contributed by atoms with Crippen molar-refractivity contribution in [1.29, 1.82) is 0 Å². The van der Waals surface area contributed by atoms with Gasteiger partial charge in [0.2, 0.25) is 0 Å². The first-order valence-electron chi connectivity index (χ1n) is 5.65. The van der Waals surface area contributed by atoms with E-state index in [4.69, 9.17) is 0 Å². The van der Waals surface area contributed by atoms with Crippen LogP contribution >= 0.6 is 0 Å². The molecule has 0 radical (unpaired) electrons. The largest absolute Gasteiger partial charge is 0.386 e. The van der Waals surface area contributed by atoms with Crippen LogP contribution in [-0.4, -0.2) is 34.7 Å². The van der Waals surface area contributed by atoms with Gasteiger partial charge in [0, 0.05) is 12.1 Å². The maximum atomic E-state index is 10.1. The molecule has 1 N–H and O–H groups in total. The van der Waals surface area contributed by atoms with Gasteiger partial charge in [0.15, 0.2) is 0 Å². The molecule has 2 heteroatoms. The zero-order valence-corrected chi connectivity index (χ0v) is 9.45. The summed E-state index contributed by atoms with van der Waals surface area (Å²) in [5, 5.41) is 10.1. The number of allylic oxidation sites excluding steroid dienone is 1. The fourth-order valence-corrected chi connectivity index (χ4v) is 2.96. The first-order valence-corrected chi connectivity index (χ1v) is 5.65. The van der Waals surface area contributed by atoms with Crippen LogP contribution in [0.2, 0.25) is 0 Å². The minimum absolute atomic E-state index is 0.488. The Morgan fingerprint density at radius 1 is 1.36 bits per heavy atom. The normalized spacial score (nSPS) is 34.1. The molecule has 1 saturated heterocycles. The zero-order chi connectivity index (χ0) is 10.3. The Kier molecular flexibility index (Phi) is 2.44. The molecular weight excluding hydrogens is 174 g/mol. The maximum Gasteiger partial charge on any atom is 0.0815 e. The average molecular weight is 195 g/mol. The van der Waals surface area contributed by atoms with Crippen molar-refractivity contribution in [2.24, 2.45) is 0 Å². The fraction of sp³-hybridized carbons (Fsp3) is 0.833. The van der Waals surface area contributed by atoms with E-state index in [-0.39, 0.29) is 0 Å². The average Bonchev–Trinajstić information content (AvgIpc) is 2.23. The van der Waals surface area contributed by atoms with E-state index in [0.29, 0.717) is 6.04 Å². The van der Waals surface area contributed by atoms with E-state index in [2.05, 4.69) is 18.0 Å². The number of aliphatic hydroxyl groups is 1. The van der Waals surface area contributed by atoms with Crippen LogP contribution in [0.5, 0.6) is 0 Å². The van der Waals surface area contributed by atoms with Gasteiger partial charge >= 0.3 is 0 Å². The van der Waals surface area contributed by atoms with Gasteiger partial charge in [-0.1, -0.05) is 6.08 Å². The summed E-state index contributed by atoms with van der Waals surface area (Å²) in [5.41, 5.74) is 0.595. The molecule has 1 fully saturated rings. The lowest BCUT2D eigenvalue weighted by atomic mass is 9.88. The van der Waals surface area contributed by atoms with Crippen LogP contribution in [0.1, 0.15) is 39.5 Å². The lowest BCUT2D eigenvalue weighted by Gasteiger charge is -2.31. The monoisotopic (exact) mass is 195 g/mol. The first-order chi connectivity index (χ1) is 6.50.